The van der Waals surface area contributed by atoms with E-state index in [-0.39, 0.29) is 6.61 Å². The molecule has 0 radical (unpaired) electrons. The van der Waals surface area contributed by atoms with E-state index < -0.39 is 37.3 Å². The van der Waals surface area contributed by atoms with Gasteiger partial charge in [0.05, 0.1) is 13.2 Å². The average Bonchev–Trinajstić information content (AvgIpc) is 2.45. The molecule has 1 aliphatic heterocycles. The van der Waals surface area contributed by atoms with Crippen LogP contribution in [0.3, 0.4) is 0 Å². The van der Waals surface area contributed by atoms with Gasteiger partial charge in [0, 0.05) is 0 Å². The van der Waals surface area contributed by atoms with Gasteiger partial charge in [-0.15, -0.1) is 0 Å². The summed E-state index contributed by atoms with van der Waals surface area (Å²) in [5.74, 6) is 0. The molecule has 0 spiro atoms. The molecule has 6 heteroatoms. The SMILES string of the molecule is OCC1O[C@@H](OCc2ccccc2)C(O)[C@H](O)[C@H]1O. The van der Waals surface area contributed by atoms with Gasteiger partial charge in [-0.05, 0) is 5.56 Å². The molecule has 1 saturated heterocycles. The van der Waals surface area contributed by atoms with Crippen molar-refractivity contribution < 1.29 is 29.9 Å². The van der Waals surface area contributed by atoms with Gasteiger partial charge in [-0.1, -0.05) is 30.3 Å². The van der Waals surface area contributed by atoms with E-state index in [0.29, 0.717) is 0 Å². The van der Waals surface area contributed by atoms with Crippen molar-refractivity contribution in [2.75, 3.05) is 6.61 Å². The number of rotatable bonds is 4. The third kappa shape index (κ3) is 3.30. The van der Waals surface area contributed by atoms with Gasteiger partial charge in [-0.2, -0.15) is 0 Å². The Morgan fingerprint density at radius 3 is 2.32 bits per heavy atom. The fourth-order valence-corrected chi connectivity index (χ4v) is 1.96. The predicted octanol–water partition coefficient (Wildman–Crippen LogP) is -0.997. The minimum Gasteiger partial charge on any atom is -0.394 e. The molecule has 1 fully saturated rings. The van der Waals surface area contributed by atoms with Crippen molar-refractivity contribution in [3.8, 4) is 0 Å². The number of benzene rings is 1. The quantitative estimate of drug-likeness (QED) is 0.560. The van der Waals surface area contributed by atoms with E-state index in [1.165, 1.54) is 0 Å². The molecule has 0 amide bonds. The van der Waals surface area contributed by atoms with E-state index in [4.69, 9.17) is 14.6 Å². The second kappa shape index (κ2) is 6.42. The van der Waals surface area contributed by atoms with Gasteiger partial charge in [0.2, 0.25) is 0 Å². The lowest BCUT2D eigenvalue weighted by Gasteiger charge is -2.39. The average molecular weight is 270 g/mol. The number of aliphatic hydroxyl groups is 4. The molecule has 0 aromatic heterocycles. The zero-order valence-electron chi connectivity index (χ0n) is 10.3. The van der Waals surface area contributed by atoms with Crippen LogP contribution in [0, 0.1) is 0 Å². The summed E-state index contributed by atoms with van der Waals surface area (Å²) in [6, 6.07) is 9.28. The molecule has 0 aliphatic carbocycles. The minimum atomic E-state index is -1.41. The standard InChI is InChI=1S/C13H18O6/c14-6-9-10(15)11(16)12(17)13(19-9)18-7-8-4-2-1-3-5-8/h1-5,9-17H,6-7H2/t9?,10-,11+,12?,13+/m0/s1. The Balaban J connectivity index is 1.95. The van der Waals surface area contributed by atoms with Crippen molar-refractivity contribution in [2.45, 2.75) is 37.3 Å². The van der Waals surface area contributed by atoms with Crippen molar-refractivity contribution in [1.29, 1.82) is 0 Å². The topological polar surface area (TPSA) is 99.4 Å². The Morgan fingerprint density at radius 2 is 1.68 bits per heavy atom. The molecular weight excluding hydrogens is 252 g/mol. The van der Waals surface area contributed by atoms with Crippen molar-refractivity contribution in [1.82, 2.24) is 0 Å². The Morgan fingerprint density at radius 1 is 1.00 bits per heavy atom. The number of ether oxygens (including phenoxy) is 2. The van der Waals surface area contributed by atoms with Crippen molar-refractivity contribution in [3.05, 3.63) is 35.9 Å². The molecule has 1 aliphatic rings. The van der Waals surface area contributed by atoms with Crippen LogP contribution >= 0.6 is 0 Å². The first-order valence-electron chi connectivity index (χ1n) is 6.09. The highest BCUT2D eigenvalue weighted by atomic mass is 16.7. The van der Waals surface area contributed by atoms with Crippen LogP contribution in [0.15, 0.2) is 30.3 Å². The monoisotopic (exact) mass is 270 g/mol. The largest absolute Gasteiger partial charge is 0.394 e. The van der Waals surface area contributed by atoms with Crippen molar-refractivity contribution in [2.24, 2.45) is 0 Å². The van der Waals surface area contributed by atoms with Crippen LogP contribution in [0.4, 0.5) is 0 Å². The molecule has 1 aromatic rings. The van der Waals surface area contributed by atoms with Crippen LogP contribution in [0.25, 0.3) is 0 Å². The maximum atomic E-state index is 9.76. The normalized spacial score (nSPS) is 35.3. The summed E-state index contributed by atoms with van der Waals surface area (Å²) in [4.78, 5) is 0. The molecule has 1 heterocycles. The summed E-state index contributed by atoms with van der Waals surface area (Å²) in [7, 11) is 0. The first kappa shape index (κ1) is 14.4. The summed E-state index contributed by atoms with van der Waals surface area (Å²) in [5, 5.41) is 38.0. The Labute approximate surface area is 110 Å². The lowest BCUT2D eigenvalue weighted by molar-refractivity contribution is -0.304. The van der Waals surface area contributed by atoms with Crippen LogP contribution in [0.1, 0.15) is 5.56 Å². The van der Waals surface area contributed by atoms with Gasteiger partial charge in [0.25, 0.3) is 0 Å². The lowest BCUT2D eigenvalue weighted by atomic mass is 9.99. The van der Waals surface area contributed by atoms with Gasteiger partial charge >= 0.3 is 0 Å². The Bertz CT molecular complexity index is 382. The van der Waals surface area contributed by atoms with Gasteiger partial charge in [0.15, 0.2) is 6.29 Å². The van der Waals surface area contributed by atoms with Gasteiger partial charge in [0.1, 0.15) is 24.4 Å². The third-order valence-corrected chi connectivity index (χ3v) is 3.11. The number of hydrogen-bond acceptors (Lipinski definition) is 6. The van der Waals surface area contributed by atoms with Crippen LogP contribution < -0.4 is 0 Å². The molecule has 1 aromatic carbocycles. The summed E-state index contributed by atoms with van der Waals surface area (Å²) >= 11 is 0. The Kier molecular flexibility index (Phi) is 4.87. The summed E-state index contributed by atoms with van der Waals surface area (Å²) < 4.78 is 10.6. The molecule has 19 heavy (non-hydrogen) atoms. The van der Waals surface area contributed by atoms with Gasteiger partial charge in [-0.25, -0.2) is 0 Å². The molecule has 5 atom stereocenters. The Hall–Kier alpha value is -1.02. The van der Waals surface area contributed by atoms with Gasteiger partial charge in [-0.3, -0.25) is 0 Å². The van der Waals surface area contributed by atoms with Crippen LogP contribution in [0.2, 0.25) is 0 Å². The van der Waals surface area contributed by atoms with Crippen LogP contribution in [-0.2, 0) is 16.1 Å². The van der Waals surface area contributed by atoms with Crippen molar-refractivity contribution in [3.63, 3.8) is 0 Å². The molecule has 2 unspecified atom stereocenters. The molecular formula is C13H18O6. The maximum Gasteiger partial charge on any atom is 0.187 e. The van der Waals surface area contributed by atoms with E-state index in [2.05, 4.69) is 0 Å². The lowest BCUT2D eigenvalue weighted by Crippen LogP contribution is -2.59. The molecule has 6 nitrogen and oxygen atoms in total. The van der Waals surface area contributed by atoms with E-state index in [1.807, 2.05) is 30.3 Å². The molecule has 0 saturated carbocycles. The van der Waals surface area contributed by atoms with E-state index in [1.54, 1.807) is 0 Å². The van der Waals surface area contributed by atoms with Crippen LogP contribution in [0.5, 0.6) is 0 Å². The zero-order chi connectivity index (χ0) is 13.8. The van der Waals surface area contributed by atoms with E-state index >= 15 is 0 Å². The summed E-state index contributed by atoms with van der Waals surface area (Å²) in [6.07, 6.45) is -6.17. The zero-order valence-corrected chi connectivity index (χ0v) is 10.3. The highest BCUT2D eigenvalue weighted by Gasteiger charge is 2.43. The number of hydrogen-bond donors (Lipinski definition) is 4. The summed E-state index contributed by atoms with van der Waals surface area (Å²) in [6.45, 7) is -0.264. The molecule has 2 rings (SSSR count). The summed E-state index contributed by atoms with van der Waals surface area (Å²) in [5.41, 5.74) is 0.888. The number of aliphatic hydroxyl groups excluding tert-OH is 4. The fraction of sp³-hybridized carbons (Fsp3) is 0.538. The maximum absolute atomic E-state index is 9.76. The van der Waals surface area contributed by atoms with Crippen molar-refractivity contribution >= 4 is 0 Å². The third-order valence-electron chi connectivity index (χ3n) is 3.11. The minimum absolute atomic E-state index is 0.198. The predicted molar refractivity (Wildman–Crippen MR) is 65.0 cm³/mol. The molecule has 106 valence electrons. The molecule has 0 bridgehead atoms. The highest BCUT2D eigenvalue weighted by molar-refractivity contribution is 5.13. The second-order valence-electron chi connectivity index (χ2n) is 4.49. The highest BCUT2D eigenvalue weighted by Crippen LogP contribution is 2.22. The molecule has 4 N–H and O–H groups in total. The van der Waals surface area contributed by atoms with E-state index in [0.717, 1.165) is 5.56 Å². The van der Waals surface area contributed by atoms with E-state index in [9.17, 15) is 15.3 Å². The first-order valence-corrected chi connectivity index (χ1v) is 6.09. The van der Waals surface area contributed by atoms with Crippen LogP contribution in [-0.4, -0.2) is 57.7 Å². The fourth-order valence-electron chi connectivity index (χ4n) is 1.96. The van der Waals surface area contributed by atoms with Gasteiger partial charge < -0.3 is 29.9 Å². The smallest absolute Gasteiger partial charge is 0.187 e. The second-order valence-corrected chi connectivity index (χ2v) is 4.49. The first-order chi connectivity index (χ1) is 9.13.